The fourth-order valence-corrected chi connectivity index (χ4v) is 2.86. The van der Waals surface area contributed by atoms with Crippen molar-refractivity contribution in [1.82, 2.24) is 0 Å². The average Bonchev–Trinajstić information content (AvgIpc) is 2.26. The molecule has 1 N–H and O–H groups in total. The molecule has 0 aromatic carbocycles. The van der Waals surface area contributed by atoms with Crippen molar-refractivity contribution in [3.05, 3.63) is 0 Å². The lowest BCUT2D eigenvalue weighted by Crippen LogP contribution is -2.43. The highest BCUT2D eigenvalue weighted by atomic mass is 16.5. The third kappa shape index (κ3) is 3.21. The van der Waals surface area contributed by atoms with Crippen molar-refractivity contribution in [2.24, 2.45) is 16.7 Å². The molecule has 17 heavy (non-hydrogen) atoms. The number of carboxylic acids is 1. The molecule has 1 aliphatic carbocycles. The molecule has 1 unspecified atom stereocenters. The van der Waals surface area contributed by atoms with E-state index in [1.807, 2.05) is 0 Å². The third-order valence-corrected chi connectivity index (χ3v) is 4.62. The molecule has 1 aliphatic rings. The van der Waals surface area contributed by atoms with Gasteiger partial charge < -0.3 is 9.84 Å². The Morgan fingerprint density at radius 1 is 1.29 bits per heavy atom. The van der Waals surface area contributed by atoms with Crippen LogP contribution in [0.25, 0.3) is 0 Å². The van der Waals surface area contributed by atoms with Gasteiger partial charge in [-0.3, -0.25) is 4.79 Å². The van der Waals surface area contributed by atoms with Crippen LogP contribution in [-0.2, 0) is 9.53 Å². The maximum Gasteiger partial charge on any atom is 0.309 e. The van der Waals surface area contributed by atoms with E-state index in [0.29, 0.717) is 12.0 Å². The van der Waals surface area contributed by atoms with Gasteiger partial charge in [-0.05, 0) is 43.4 Å². The monoisotopic (exact) mass is 242 g/mol. The summed E-state index contributed by atoms with van der Waals surface area (Å²) in [5, 5.41) is 9.59. The van der Waals surface area contributed by atoms with Gasteiger partial charge in [0.2, 0.25) is 0 Å². The number of aliphatic carboxylic acids is 1. The minimum atomic E-state index is -0.614. The Hall–Kier alpha value is -0.570. The summed E-state index contributed by atoms with van der Waals surface area (Å²) in [6.07, 6.45) is 4.47. The van der Waals surface area contributed by atoms with E-state index in [1.54, 1.807) is 7.11 Å². The molecule has 100 valence electrons. The maximum absolute atomic E-state index is 11.7. The maximum atomic E-state index is 11.7. The van der Waals surface area contributed by atoms with Crippen LogP contribution in [0.5, 0.6) is 0 Å². The van der Waals surface area contributed by atoms with Gasteiger partial charge >= 0.3 is 5.97 Å². The van der Waals surface area contributed by atoms with Gasteiger partial charge in [0.1, 0.15) is 0 Å². The second-order valence-electron chi connectivity index (χ2n) is 6.31. The van der Waals surface area contributed by atoms with Crippen LogP contribution in [0, 0.1) is 16.7 Å². The van der Waals surface area contributed by atoms with E-state index in [1.165, 1.54) is 0 Å². The lowest BCUT2D eigenvalue weighted by molar-refractivity contribution is -0.157. The molecular formula is C14H26O3. The van der Waals surface area contributed by atoms with Crippen LogP contribution in [0.3, 0.4) is 0 Å². The first-order valence-electron chi connectivity index (χ1n) is 6.56. The Balaban J connectivity index is 2.74. The zero-order chi connectivity index (χ0) is 13.1. The highest BCUT2D eigenvalue weighted by Crippen LogP contribution is 2.50. The summed E-state index contributed by atoms with van der Waals surface area (Å²) in [5.41, 5.74) is -0.214. The van der Waals surface area contributed by atoms with Crippen LogP contribution in [0.4, 0.5) is 0 Å². The van der Waals surface area contributed by atoms with Gasteiger partial charge in [-0.2, -0.15) is 0 Å². The van der Waals surface area contributed by atoms with E-state index in [9.17, 15) is 9.90 Å². The molecule has 1 rings (SSSR count). The molecule has 0 radical (unpaired) electrons. The van der Waals surface area contributed by atoms with Gasteiger partial charge in [-0.25, -0.2) is 0 Å². The highest BCUT2D eigenvalue weighted by Gasteiger charge is 2.47. The first-order valence-corrected chi connectivity index (χ1v) is 6.56. The molecule has 3 nitrogen and oxygen atoms in total. The van der Waals surface area contributed by atoms with Crippen LogP contribution in [0.15, 0.2) is 0 Å². The zero-order valence-electron chi connectivity index (χ0n) is 11.6. The topological polar surface area (TPSA) is 46.5 Å². The minimum absolute atomic E-state index is 0.191. The van der Waals surface area contributed by atoms with Crippen LogP contribution in [0.1, 0.15) is 52.9 Å². The molecule has 1 atom stereocenters. The molecular weight excluding hydrogens is 216 g/mol. The number of hydrogen-bond donors (Lipinski definition) is 1. The SMILES string of the molecule is COCCC(C)C1(C(=O)O)CCC(C)(C)CC1. The lowest BCUT2D eigenvalue weighted by Gasteiger charge is -2.44. The van der Waals surface area contributed by atoms with Crippen molar-refractivity contribution in [3.8, 4) is 0 Å². The van der Waals surface area contributed by atoms with Crippen LogP contribution < -0.4 is 0 Å². The fourth-order valence-electron chi connectivity index (χ4n) is 2.86. The van der Waals surface area contributed by atoms with Crippen LogP contribution >= 0.6 is 0 Å². The van der Waals surface area contributed by atoms with Gasteiger partial charge in [0.05, 0.1) is 5.41 Å². The van der Waals surface area contributed by atoms with E-state index in [-0.39, 0.29) is 5.92 Å². The van der Waals surface area contributed by atoms with Gasteiger partial charge in [0, 0.05) is 13.7 Å². The Kier molecular flexibility index (Phi) is 4.59. The fraction of sp³-hybridized carbons (Fsp3) is 0.929. The van der Waals surface area contributed by atoms with Crippen molar-refractivity contribution in [2.75, 3.05) is 13.7 Å². The normalized spacial score (nSPS) is 24.2. The predicted octanol–water partition coefficient (Wildman–Crippen LogP) is 3.33. The lowest BCUT2D eigenvalue weighted by atomic mass is 9.60. The van der Waals surface area contributed by atoms with Gasteiger partial charge in [-0.1, -0.05) is 20.8 Å². The third-order valence-electron chi connectivity index (χ3n) is 4.62. The Morgan fingerprint density at radius 3 is 2.24 bits per heavy atom. The van der Waals surface area contributed by atoms with E-state index < -0.39 is 11.4 Å². The molecule has 1 fully saturated rings. The molecule has 0 spiro atoms. The van der Waals surface area contributed by atoms with E-state index in [4.69, 9.17) is 4.74 Å². The summed E-state index contributed by atoms with van der Waals surface area (Å²) in [4.78, 5) is 11.7. The van der Waals surface area contributed by atoms with E-state index >= 15 is 0 Å². The van der Waals surface area contributed by atoms with Crippen LogP contribution in [0.2, 0.25) is 0 Å². The quantitative estimate of drug-likeness (QED) is 0.804. The predicted molar refractivity (Wildman–Crippen MR) is 68.0 cm³/mol. The first kappa shape index (κ1) is 14.5. The molecule has 1 saturated carbocycles. The second-order valence-corrected chi connectivity index (χ2v) is 6.31. The zero-order valence-corrected chi connectivity index (χ0v) is 11.6. The number of rotatable bonds is 5. The number of ether oxygens (including phenoxy) is 1. The number of carbonyl (C=O) groups is 1. The molecule has 0 bridgehead atoms. The van der Waals surface area contributed by atoms with Crippen LogP contribution in [-0.4, -0.2) is 24.8 Å². The van der Waals surface area contributed by atoms with Crippen molar-refractivity contribution in [2.45, 2.75) is 52.9 Å². The number of carboxylic acid groups (broad SMARTS) is 1. The average molecular weight is 242 g/mol. The summed E-state index contributed by atoms with van der Waals surface area (Å²) >= 11 is 0. The Labute approximate surface area is 105 Å². The summed E-state index contributed by atoms with van der Waals surface area (Å²) in [6.45, 7) is 7.18. The molecule has 3 heteroatoms. The Bertz CT molecular complexity index is 261. The summed E-state index contributed by atoms with van der Waals surface area (Å²) < 4.78 is 5.08. The number of methoxy groups -OCH3 is 1. The molecule has 0 saturated heterocycles. The molecule has 0 aromatic heterocycles. The van der Waals surface area contributed by atoms with Gasteiger partial charge in [0.25, 0.3) is 0 Å². The van der Waals surface area contributed by atoms with E-state index in [2.05, 4.69) is 20.8 Å². The van der Waals surface area contributed by atoms with Gasteiger partial charge in [-0.15, -0.1) is 0 Å². The van der Waals surface area contributed by atoms with Crippen molar-refractivity contribution in [1.29, 1.82) is 0 Å². The van der Waals surface area contributed by atoms with E-state index in [0.717, 1.165) is 32.1 Å². The van der Waals surface area contributed by atoms with Crippen molar-refractivity contribution < 1.29 is 14.6 Å². The summed E-state index contributed by atoms with van der Waals surface area (Å²) in [7, 11) is 1.67. The molecule has 0 aliphatic heterocycles. The van der Waals surface area contributed by atoms with Crippen molar-refractivity contribution in [3.63, 3.8) is 0 Å². The highest BCUT2D eigenvalue weighted by molar-refractivity contribution is 5.75. The first-order chi connectivity index (χ1) is 7.84. The molecule has 0 aromatic rings. The smallest absolute Gasteiger partial charge is 0.309 e. The van der Waals surface area contributed by atoms with Gasteiger partial charge in [0.15, 0.2) is 0 Å². The largest absolute Gasteiger partial charge is 0.481 e. The summed E-state index contributed by atoms with van der Waals surface area (Å²) in [6, 6.07) is 0. The number of hydrogen-bond acceptors (Lipinski definition) is 2. The standard InChI is InChI=1S/C14H26O3/c1-11(5-10-17-4)14(12(15)16)8-6-13(2,3)7-9-14/h11H,5-10H2,1-4H3,(H,15,16). The molecule has 0 amide bonds. The second kappa shape index (κ2) is 5.38. The Morgan fingerprint density at radius 2 is 1.82 bits per heavy atom. The van der Waals surface area contributed by atoms with Crippen molar-refractivity contribution >= 4 is 5.97 Å². The minimum Gasteiger partial charge on any atom is -0.481 e. The summed E-state index contributed by atoms with van der Waals surface area (Å²) in [5.74, 6) is -0.423. The molecule has 0 heterocycles.